The second kappa shape index (κ2) is 4.17. The number of aliphatic carboxylic acids is 1. The van der Waals surface area contributed by atoms with Crippen LogP contribution in [0.25, 0.3) is 0 Å². The normalized spacial score (nSPS) is 23.1. The summed E-state index contributed by atoms with van der Waals surface area (Å²) in [5.41, 5.74) is -4.48. The Hall–Kier alpha value is -1.67. The molecule has 1 heterocycles. The van der Waals surface area contributed by atoms with E-state index in [1.807, 2.05) is 0 Å². The molecule has 0 radical (unpaired) electrons. The van der Waals surface area contributed by atoms with Crippen LogP contribution >= 0.6 is 0 Å². The van der Waals surface area contributed by atoms with Crippen LogP contribution in [0.4, 0.5) is 22.0 Å². The fourth-order valence-electron chi connectivity index (χ4n) is 2.73. The largest absolute Gasteiger partial charge is 0.480 e. The first-order valence-corrected chi connectivity index (χ1v) is 6.09. The number of fused-ring (bicyclic) bond motifs is 1. The van der Waals surface area contributed by atoms with Gasteiger partial charge in [-0.1, -0.05) is 20.8 Å². The summed E-state index contributed by atoms with van der Waals surface area (Å²) >= 11 is 0. The molecule has 9 heteroatoms. The summed E-state index contributed by atoms with van der Waals surface area (Å²) in [7, 11) is 0. The maximum Gasteiger partial charge on any atom is 0.435 e. The van der Waals surface area contributed by atoms with Crippen LogP contribution in [-0.2, 0) is 28.9 Å². The maximum atomic E-state index is 14.3. The van der Waals surface area contributed by atoms with Crippen LogP contribution in [0.3, 0.4) is 0 Å². The van der Waals surface area contributed by atoms with Crippen molar-refractivity contribution in [2.24, 2.45) is 5.92 Å². The number of alkyl halides is 5. The SMILES string of the molecule is C[C@@H]1C(C)(C)c2c(C(F)(F)F)nn(CC(=O)O)c2C1(F)F. The number of carbonyl (C=O) groups is 1. The smallest absolute Gasteiger partial charge is 0.435 e. The third kappa shape index (κ3) is 2.09. The van der Waals surface area contributed by atoms with Gasteiger partial charge in [-0.3, -0.25) is 9.48 Å². The molecule has 0 unspecified atom stereocenters. The van der Waals surface area contributed by atoms with E-state index >= 15 is 0 Å². The van der Waals surface area contributed by atoms with E-state index in [-0.39, 0.29) is 4.68 Å². The third-order valence-corrected chi connectivity index (χ3v) is 4.09. The van der Waals surface area contributed by atoms with Gasteiger partial charge in [-0.2, -0.15) is 27.1 Å². The van der Waals surface area contributed by atoms with Crippen LogP contribution in [0.15, 0.2) is 0 Å². The lowest BCUT2D eigenvalue weighted by atomic mass is 9.78. The molecule has 1 atom stereocenters. The number of rotatable bonds is 2. The monoisotopic (exact) mass is 312 g/mol. The quantitative estimate of drug-likeness (QED) is 0.854. The molecule has 0 fully saturated rings. The number of nitrogens with zero attached hydrogens (tertiary/aromatic N) is 2. The molecule has 0 saturated carbocycles. The minimum Gasteiger partial charge on any atom is -0.480 e. The van der Waals surface area contributed by atoms with E-state index < -0.39 is 52.9 Å². The minimum absolute atomic E-state index is 0.256. The highest BCUT2D eigenvalue weighted by molar-refractivity contribution is 5.67. The maximum absolute atomic E-state index is 14.3. The van der Waals surface area contributed by atoms with Crippen molar-refractivity contribution in [3.05, 3.63) is 17.0 Å². The summed E-state index contributed by atoms with van der Waals surface area (Å²) in [5, 5.41) is 11.8. The second-order valence-electron chi connectivity index (χ2n) is 5.69. The minimum atomic E-state index is -4.93. The van der Waals surface area contributed by atoms with E-state index in [9.17, 15) is 26.7 Å². The Labute approximate surface area is 116 Å². The molecule has 4 nitrogen and oxygen atoms in total. The highest BCUT2D eigenvalue weighted by atomic mass is 19.4. The molecule has 1 aromatic rings. The van der Waals surface area contributed by atoms with Gasteiger partial charge in [0.15, 0.2) is 5.69 Å². The predicted octanol–water partition coefficient (Wildman–Crippen LogP) is 3.01. The number of halogens is 5. The molecule has 1 aliphatic rings. The van der Waals surface area contributed by atoms with Crippen LogP contribution in [0.2, 0.25) is 0 Å². The third-order valence-electron chi connectivity index (χ3n) is 4.09. The zero-order valence-electron chi connectivity index (χ0n) is 11.4. The number of carboxylic acid groups (broad SMARTS) is 1. The van der Waals surface area contributed by atoms with Crippen LogP contribution in [0.5, 0.6) is 0 Å². The molecule has 0 aromatic carbocycles. The first-order valence-electron chi connectivity index (χ1n) is 6.09. The molecule has 118 valence electrons. The molecule has 1 aromatic heterocycles. The average molecular weight is 312 g/mol. The lowest BCUT2D eigenvalue weighted by molar-refractivity contribution is -0.144. The van der Waals surface area contributed by atoms with Crippen molar-refractivity contribution in [2.75, 3.05) is 0 Å². The first-order chi connectivity index (χ1) is 9.31. The van der Waals surface area contributed by atoms with Gasteiger partial charge in [0, 0.05) is 16.9 Å². The van der Waals surface area contributed by atoms with Gasteiger partial charge in [-0.25, -0.2) is 0 Å². The molecular weight excluding hydrogens is 299 g/mol. The van der Waals surface area contributed by atoms with Crippen LogP contribution < -0.4 is 0 Å². The van der Waals surface area contributed by atoms with Gasteiger partial charge in [0.2, 0.25) is 0 Å². The van der Waals surface area contributed by atoms with E-state index in [0.29, 0.717) is 0 Å². The van der Waals surface area contributed by atoms with Crippen molar-refractivity contribution >= 4 is 5.97 Å². The number of aromatic nitrogens is 2. The fraction of sp³-hybridized carbons (Fsp3) is 0.667. The van der Waals surface area contributed by atoms with Gasteiger partial charge in [0.05, 0.1) is 0 Å². The van der Waals surface area contributed by atoms with E-state index in [1.165, 1.54) is 13.8 Å². The highest BCUT2D eigenvalue weighted by Gasteiger charge is 2.62. The van der Waals surface area contributed by atoms with Gasteiger partial charge in [-0.05, 0) is 0 Å². The predicted molar refractivity (Wildman–Crippen MR) is 60.9 cm³/mol. The Bertz CT molecular complexity index is 604. The second-order valence-corrected chi connectivity index (χ2v) is 5.69. The van der Waals surface area contributed by atoms with Crippen molar-refractivity contribution in [2.45, 2.75) is 44.8 Å². The average Bonchev–Trinajstić information content (AvgIpc) is 2.72. The van der Waals surface area contributed by atoms with Crippen LogP contribution in [0, 0.1) is 5.92 Å². The summed E-state index contributed by atoms with van der Waals surface area (Å²) in [6.07, 6.45) is -4.93. The molecular formula is C12H13F5N2O2. The zero-order valence-corrected chi connectivity index (χ0v) is 11.4. The van der Waals surface area contributed by atoms with Gasteiger partial charge >= 0.3 is 12.1 Å². The summed E-state index contributed by atoms with van der Waals surface area (Å²) in [6.45, 7) is 2.65. The van der Waals surface area contributed by atoms with Crippen molar-refractivity contribution < 1.29 is 31.9 Å². The summed E-state index contributed by atoms with van der Waals surface area (Å²) in [6, 6.07) is 0. The van der Waals surface area contributed by atoms with Gasteiger partial charge in [0.1, 0.15) is 12.2 Å². The molecule has 1 aliphatic carbocycles. The van der Waals surface area contributed by atoms with Crippen molar-refractivity contribution in [3.8, 4) is 0 Å². The van der Waals surface area contributed by atoms with E-state index in [1.54, 1.807) is 0 Å². The Balaban J connectivity index is 2.80. The van der Waals surface area contributed by atoms with Gasteiger partial charge in [0.25, 0.3) is 5.92 Å². The Morgan fingerprint density at radius 3 is 2.33 bits per heavy atom. The lowest BCUT2D eigenvalue weighted by Crippen LogP contribution is -2.32. The van der Waals surface area contributed by atoms with Crippen molar-refractivity contribution in [1.29, 1.82) is 0 Å². The Morgan fingerprint density at radius 1 is 1.38 bits per heavy atom. The molecule has 0 amide bonds. The van der Waals surface area contributed by atoms with Gasteiger partial charge < -0.3 is 5.11 Å². The summed E-state index contributed by atoms with van der Waals surface area (Å²) in [5.74, 6) is -6.52. The van der Waals surface area contributed by atoms with Gasteiger partial charge in [-0.15, -0.1) is 0 Å². The molecule has 0 saturated heterocycles. The van der Waals surface area contributed by atoms with E-state index in [4.69, 9.17) is 5.11 Å². The van der Waals surface area contributed by atoms with Crippen LogP contribution in [-0.4, -0.2) is 20.9 Å². The number of hydrogen-bond donors (Lipinski definition) is 1. The molecule has 0 aliphatic heterocycles. The lowest BCUT2D eigenvalue weighted by Gasteiger charge is -2.28. The topological polar surface area (TPSA) is 55.1 Å². The number of hydrogen-bond acceptors (Lipinski definition) is 2. The fourth-order valence-corrected chi connectivity index (χ4v) is 2.73. The number of carboxylic acids is 1. The summed E-state index contributed by atoms with van der Waals surface area (Å²) in [4.78, 5) is 10.7. The Morgan fingerprint density at radius 2 is 1.90 bits per heavy atom. The molecule has 1 N–H and O–H groups in total. The van der Waals surface area contributed by atoms with Crippen molar-refractivity contribution in [3.63, 3.8) is 0 Å². The van der Waals surface area contributed by atoms with E-state index in [2.05, 4.69) is 5.10 Å². The molecule has 2 rings (SSSR count). The highest BCUT2D eigenvalue weighted by Crippen LogP contribution is 2.58. The molecule has 0 spiro atoms. The first kappa shape index (κ1) is 15.7. The molecule has 21 heavy (non-hydrogen) atoms. The summed E-state index contributed by atoms with van der Waals surface area (Å²) < 4.78 is 68.0. The Kier molecular flexibility index (Phi) is 3.12. The molecule has 0 bridgehead atoms. The standard InChI is InChI=1S/C12H13F5N2O2/c1-5-10(2,3)7-8(12(15,16)17)18-19(4-6(20)21)9(7)11(5,13)14/h5H,4H2,1-3H3,(H,20,21)/t5-/m1/s1. The van der Waals surface area contributed by atoms with Crippen molar-refractivity contribution in [1.82, 2.24) is 9.78 Å². The van der Waals surface area contributed by atoms with Crippen LogP contribution in [0.1, 0.15) is 37.7 Å². The zero-order chi connectivity index (χ0) is 16.4. The van der Waals surface area contributed by atoms with E-state index in [0.717, 1.165) is 6.92 Å².